The lowest BCUT2D eigenvalue weighted by Crippen LogP contribution is -2.50. The van der Waals surface area contributed by atoms with Crippen LogP contribution in [0, 0.1) is 94.2 Å². The minimum Gasteiger partial charge on any atom is -0.748 e. The molecule has 14 saturated carbocycles. The van der Waals surface area contributed by atoms with E-state index in [9.17, 15) is 71.1 Å². The van der Waals surface area contributed by atoms with Crippen molar-refractivity contribution in [2.24, 2.45) is 87.3 Å². The Kier molecular flexibility index (Phi) is 37.6. The smallest absolute Gasteiger partial charge is 0.320 e. The molecule has 29 heteroatoms. The van der Waals surface area contributed by atoms with Crippen molar-refractivity contribution < 1.29 is 94.7 Å². The summed E-state index contributed by atoms with van der Waals surface area (Å²) in [5, 5.41) is 2.02. The fraction of sp³-hybridized carbons (Fsp3) is 0.390. The maximum atomic E-state index is 12.3. The second-order valence-electron chi connectivity index (χ2n) is 41.3. The second-order valence-corrected chi connectivity index (χ2v) is 55.3. The molecule has 0 aromatic heterocycles. The van der Waals surface area contributed by atoms with Crippen molar-refractivity contribution >= 4 is 108 Å². The van der Waals surface area contributed by atoms with Gasteiger partial charge in [0.05, 0.1) is 120 Å². The lowest BCUT2D eigenvalue weighted by Gasteiger charge is -2.55. The standard InChI is InChI=1S/C19H17S.2C18H15S.C14H13S.3C13H20O5S.C10H14O6S/c1-16-12-14-19(15-13-16)20(17-8-4-2-5-9-17)18-10-6-3-7-11-18;2*1-4-10-16(11-5-1)19(17-12-6-2-7-13-17)18-14-8-3-9-15-18;1-2-15(13-9-5-3-6-10-13)14-11-7-4-8-12-14;3*14-12(18-1-2-19(15,16)17)13-6-9-3-10(7-13)5-11(4-9)8-13;11-8(4-17(12,13)14)16-9-5-1-6-3-15-10(9)7(6)2-5/h2-15H,1H3;2*1-15H;2-12H,1H2;3*9-11H,1-8H2,(H,15,16,17);5-7,9-10H,1-4H2,(H,12,13,14)/q4*+1;;;;/p-4. The predicted octanol–water partition coefficient (Wildman–Crippen LogP) is 21.9. The van der Waals surface area contributed by atoms with Crippen LogP contribution in [0.25, 0.3) is 0 Å². The molecule has 14 aliphatic carbocycles. The van der Waals surface area contributed by atoms with E-state index in [2.05, 4.69) is 329 Å². The van der Waals surface area contributed by atoms with E-state index in [-0.39, 0.29) is 116 Å². The zero-order chi connectivity index (χ0) is 103. The van der Waals surface area contributed by atoms with Crippen molar-refractivity contribution in [1.29, 1.82) is 0 Å². The van der Waals surface area contributed by atoms with E-state index in [1.54, 1.807) is 0 Å². The van der Waals surface area contributed by atoms with Gasteiger partial charge in [0, 0.05) is 0 Å². The van der Waals surface area contributed by atoms with Crippen LogP contribution >= 0.6 is 0 Å². The van der Waals surface area contributed by atoms with Gasteiger partial charge in [-0.2, -0.15) is 0 Å². The molecule has 0 radical (unpaired) electrons. The summed E-state index contributed by atoms with van der Waals surface area (Å²) in [6, 6.07) is 116. The zero-order valence-corrected chi connectivity index (χ0v) is 89.2. The molecule has 11 aromatic rings. The van der Waals surface area contributed by atoms with Crippen molar-refractivity contribution in [2.75, 3.05) is 49.4 Å². The Morgan fingerprint density at radius 3 is 0.755 bits per heavy atom. The topological polar surface area (TPSA) is 343 Å². The molecule has 1 heterocycles. The molecular weight excluding hydrogens is 2010 g/mol. The zero-order valence-electron chi connectivity index (χ0n) is 82.7. The van der Waals surface area contributed by atoms with Gasteiger partial charge in [0.1, 0.15) is 47.2 Å². The second kappa shape index (κ2) is 50.3. The number of carbonyl (C=O) groups is 4. The van der Waals surface area contributed by atoms with E-state index in [0.717, 1.165) is 70.6 Å². The summed E-state index contributed by atoms with van der Waals surface area (Å²) in [5.74, 6) is 2.35. The van der Waals surface area contributed by atoms with Crippen LogP contribution in [0.4, 0.5) is 0 Å². The first-order valence-electron chi connectivity index (χ1n) is 50.9. The predicted molar refractivity (Wildman–Crippen MR) is 568 cm³/mol. The van der Waals surface area contributed by atoms with Crippen LogP contribution in [0.2, 0.25) is 0 Å². The highest BCUT2D eigenvalue weighted by Gasteiger charge is 2.61. The van der Waals surface area contributed by atoms with Crippen molar-refractivity contribution in [3.05, 3.63) is 345 Å². The Labute approximate surface area is 878 Å². The maximum Gasteiger partial charge on any atom is 0.320 e. The van der Waals surface area contributed by atoms with E-state index in [1.165, 1.54) is 117 Å². The molecule has 147 heavy (non-hydrogen) atoms. The number of fused-ring (bicyclic) bond motifs is 1. The van der Waals surface area contributed by atoms with Crippen LogP contribution in [-0.4, -0.2) is 137 Å². The Morgan fingerprint density at radius 1 is 0.313 bits per heavy atom. The molecule has 5 unspecified atom stereocenters. The Bertz CT molecular complexity index is 5910. The van der Waals surface area contributed by atoms with Gasteiger partial charge in [-0.1, -0.05) is 206 Å². The molecule has 776 valence electrons. The maximum absolute atomic E-state index is 12.3. The normalized spacial score (nSPS) is 25.9. The van der Waals surface area contributed by atoms with Gasteiger partial charge in [-0.05, 0) is 340 Å². The van der Waals surface area contributed by atoms with Crippen LogP contribution in [0.1, 0.15) is 134 Å². The number of rotatable bonds is 27. The number of ether oxygens (including phenoxy) is 5. The summed E-state index contributed by atoms with van der Waals surface area (Å²) in [7, 11) is -17.5. The minimum atomic E-state index is -4.56. The van der Waals surface area contributed by atoms with E-state index in [0.29, 0.717) is 71.7 Å². The first kappa shape index (κ1) is 110. The van der Waals surface area contributed by atoms with E-state index < -0.39 is 69.5 Å². The third-order valence-electron chi connectivity index (χ3n) is 30.4. The van der Waals surface area contributed by atoms with Crippen LogP contribution in [0.15, 0.2) is 393 Å². The van der Waals surface area contributed by atoms with Gasteiger partial charge in [-0.15, -0.1) is 0 Å². The first-order chi connectivity index (χ1) is 70.7. The summed E-state index contributed by atoms with van der Waals surface area (Å²) in [5.41, 5.74) is 0.183. The highest BCUT2D eigenvalue weighted by molar-refractivity contribution is 7.99. The lowest BCUT2D eigenvalue weighted by atomic mass is 9.49. The Balaban J connectivity index is 0.000000120. The molecule has 5 atom stereocenters. The third-order valence-corrected chi connectivity index (χ3v) is 41.6. The van der Waals surface area contributed by atoms with Crippen LogP contribution < -0.4 is 0 Å². The molecule has 0 N–H and O–H groups in total. The molecule has 14 bridgehead atoms. The molecule has 1 saturated heterocycles. The van der Waals surface area contributed by atoms with Crippen LogP contribution in [-0.2, 0) is 127 Å². The number of hydrogen-bond donors (Lipinski definition) is 0. The van der Waals surface area contributed by atoms with E-state index >= 15 is 0 Å². The van der Waals surface area contributed by atoms with Gasteiger partial charge in [0.2, 0.25) is 0 Å². The highest BCUT2D eigenvalue weighted by atomic mass is 32.2. The summed E-state index contributed by atoms with van der Waals surface area (Å²) in [6.45, 7) is 5.87. The van der Waals surface area contributed by atoms with Crippen LogP contribution in [0.3, 0.4) is 0 Å². The molecule has 0 amide bonds. The number of benzene rings is 11. The van der Waals surface area contributed by atoms with Gasteiger partial charge in [-0.25, -0.2) is 33.7 Å². The summed E-state index contributed by atoms with van der Waals surface area (Å²) >= 11 is 0. The van der Waals surface area contributed by atoms with E-state index in [1.807, 2.05) is 17.5 Å². The first-order valence-corrected chi connectivity index (χ1v) is 62.2. The van der Waals surface area contributed by atoms with Gasteiger partial charge >= 0.3 is 23.9 Å². The van der Waals surface area contributed by atoms with Gasteiger partial charge < -0.3 is 41.9 Å². The van der Waals surface area contributed by atoms with Crippen LogP contribution in [0.5, 0.6) is 0 Å². The summed E-state index contributed by atoms with van der Waals surface area (Å²) in [6.07, 6.45) is 20.7. The number of hydrogen-bond acceptors (Lipinski definition) is 21. The third kappa shape index (κ3) is 30.3. The average molecular weight is 2140 g/mol. The fourth-order valence-electron chi connectivity index (χ4n) is 25.6. The Morgan fingerprint density at radius 2 is 0.537 bits per heavy atom. The van der Waals surface area contributed by atoms with Gasteiger partial charge in [0.15, 0.2) is 53.9 Å². The van der Waals surface area contributed by atoms with Crippen molar-refractivity contribution in [3.8, 4) is 0 Å². The number of carbonyl (C=O) groups excluding carboxylic acids is 4. The van der Waals surface area contributed by atoms with Crippen molar-refractivity contribution in [2.45, 2.75) is 201 Å². The molecule has 15 fully saturated rings. The quantitative estimate of drug-likeness (QED) is 0.0200. The minimum absolute atomic E-state index is 0.00568. The fourth-order valence-corrected chi connectivity index (χ4v) is 34.7. The molecule has 15 aliphatic rings. The number of aryl methyl sites for hydroxylation is 1. The molecular formula is C118H130O21S8. The molecule has 0 spiro atoms. The SMILES string of the molecule is C=C[S+](c1ccccc1)c1ccccc1.Cc1ccc([S+](c2ccccc2)c2ccccc2)cc1.O=C(CS(=O)(=O)[O-])OC1C2CC3COC1C3C2.O=C(OCCS(=O)(=O)[O-])C12CC3CC(CC(C3)C1)C2.O=C(OCCS(=O)(=O)[O-])C12CC3CC(CC(C3)C1)C2.O=C(OCCS(=O)(=O)[O-])C12CC3CC(CC(C3)C1)C2.c1ccc([S+](c2ccccc2)c2ccccc2)cc1.c1ccc([S+](c2ccccc2)c2ccccc2)cc1. The van der Waals surface area contributed by atoms with Crippen molar-refractivity contribution in [3.63, 3.8) is 0 Å². The summed E-state index contributed by atoms with van der Waals surface area (Å²) in [4.78, 5) is 63.0. The molecule has 1 aliphatic heterocycles. The Hall–Kier alpha value is -9.96. The largest absolute Gasteiger partial charge is 0.748 e. The monoisotopic (exact) mass is 2140 g/mol. The molecule has 11 aromatic carbocycles. The average Bonchev–Trinajstić information content (AvgIpc) is 1.47. The number of esters is 4. The molecule has 21 nitrogen and oxygen atoms in total. The summed E-state index contributed by atoms with van der Waals surface area (Å²) < 4.78 is 152. The lowest BCUT2D eigenvalue weighted by molar-refractivity contribution is -0.171. The van der Waals surface area contributed by atoms with Crippen molar-refractivity contribution in [1.82, 2.24) is 0 Å². The van der Waals surface area contributed by atoms with Gasteiger partial charge in [0.25, 0.3) is 0 Å². The molecule has 26 rings (SSSR count). The highest BCUT2D eigenvalue weighted by Crippen LogP contribution is 2.64. The van der Waals surface area contributed by atoms with Gasteiger partial charge in [-0.3, -0.25) is 19.2 Å². The van der Waals surface area contributed by atoms with E-state index in [4.69, 9.17) is 23.7 Å².